The average molecular weight is 249 g/mol. The average Bonchev–Trinajstić information content (AvgIpc) is 2.15. The first-order chi connectivity index (χ1) is 7.80. The lowest BCUT2D eigenvalue weighted by molar-refractivity contribution is -0.792. The summed E-state index contributed by atoms with van der Waals surface area (Å²) in [6, 6.07) is 0. The molecule has 8 nitrogen and oxygen atoms in total. The summed E-state index contributed by atoms with van der Waals surface area (Å²) in [5, 5.41) is 21.3. The summed E-state index contributed by atoms with van der Waals surface area (Å²) < 4.78 is 26.9. The Kier molecular flexibility index (Phi) is 2.98. The normalized spacial score (nSPS) is 20.5. The maximum atomic E-state index is 13.4. The standard InChI is InChI=1S/C7H5F2N3O5/c8-6(9)2-3-10-5(1-4-13)7(6,11(14)15)12(16)17/h2-4H,1H2. The van der Waals surface area contributed by atoms with E-state index in [1.54, 1.807) is 0 Å². The predicted molar refractivity (Wildman–Crippen MR) is 48.9 cm³/mol. The van der Waals surface area contributed by atoms with Crippen LogP contribution in [-0.2, 0) is 4.79 Å². The van der Waals surface area contributed by atoms with Crippen LogP contribution in [0.5, 0.6) is 0 Å². The zero-order chi connectivity index (χ0) is 13.3. The van der Waals surface area contributed by atoms with E-state index in [1.165, 1.54) is 0 Å². The van der Waals surface area contributed by atoms with Gasteiger partial charge in [-0.1, -0.05) is 0 Å². The van der Waals surface area contributed by atoms with E-state index < -0.39 is 33.6 Å². The van der Waals surface area contributed by atoms with E-state index in [-0.39, 0.29) is 12.4 Å². The van der Waals surface area contributed by atoms with Crippen molar-refractivity contribution in [3.05, 3.63) is 32.5 Å². The van der Waals surface area contributed by atoms with Crippen LogP contribution in [0.3, 0.4) is 0 Å². The quantitative estimate of drug-likeness (QED) is 0.310. The van der Waals surface area contributed by atoms with Gasteiger partial charge in [-0.15, -0.1) is 0 Å². The molecule has 0 unspecified atom stereocenters. The van der Waals surface area contributed by atoms with Gasteiger partial charge in [-0.2, -0.15) is 8.78 Å². The summed E-state index contributed by atoms with van der Waals surface area (Å²) in [4.78, 5) is 31.2. The number of alkyl halides is 2. The van der Waals surface area contributed by atoms with Crippen LogP contribution in [0.4, 0.5) is 8.78 Å². The molecule has 0 spiro atoms. The molecular formula is C7H5F2N3O5. The second-order valence-corrected chi connectivity index (χ2v) is 3.07. The fourth-order valence-electron chi connectivity index (χ4n) is 1.41. The maximum absolute atomic E-state index is 13.4. The third-order valence-corrected chi connectivity index (χ3v) is 2.19. The summed E-state index contributed by atoms with van der Waals surface area (Å²) in [6.45, 7) is 0. The van der Waals surface area contributed by atoms with E-state index in [1.807, 2.05) is 0 Å². The lowest BCUT2D eigenvalue weighted by atomic mass is 9.93. The van der Waals surface area contributed by atoms with Gasteiger partial charge in [-0.05, 0) is 0 Å². The number of halogens is 2. The van der Waals surface area contributed by atoms with Gasteiger partial charge in [-0.3, -0.25) is 25.2 Å². The number of hydrogen-bond acceptors (Lipinski definition) is 6. The van der Waals surface area contributed by atoms with Crippen LogP contribution in [0.25, 0.3) is 0 Å². The van der Waals surface area contributed by atoms with Crippen molar-refractivity contribution in [3.8, 4) is 0 Å². The van der Waals surface area contributed by atoms with Crippen LogP contribution in [-0.4, -0.2) is 33.4 Å². The Balaban J connectivity index is 3.52. The van der Waals surface area contributed by atoms with Crippen LogP contribution in [0, 0.1) is 20.2 Å². The van der Waals surface area contributed by atoms with Crippen molar-refractivity contribution in [1.29, 1.82) is 0 Å². The number of carbonyl (C=O) groups is 1. The van der Waals surface area contributed by atoms with Crippen LogP contribution < -0.4 is 0 Å². The largest absolute Gasteiger partial charge is 0.562 e. The highest BCUT2D eigenvalue weighted by Gasteiger charge is 2.79. The van der Waals surface area contributed by atoms with E-state index in [0.29, 0.717) is 6.20 Å². The molecule has 0 aromatic carbocycles. The van der Waals surface area contributed by atoms with Crippen molar-refractivity contribution >= 4 is 12.0 Å². The number of aldehydes is 1. The number of carbonyl (C=O) groups excluding carboxylic acids is 1. The van der Waals surface area contributed by atoms with E-state index >= 15 is 0 Å². The molecule has 0 aliphatic carbocycles. The highest BCUT2D eigenvalue weighted by atomic mass is 19.3. The molecule has 0 saturated carbocycles. The Hall–Kier alpha value is -2.26. The van der Waals surface area contributed by atoms with Crippen LogP contribution in [0.15, 0.2) is 17.3 Å². The highest BCUT2D eigenvalue weighted by molar-refractivity contribution is 6.00. The number of nitrogens with zero attached hydrogens (tertiary/aromatic N) is 3. The minimum atomic E-state index is -4.36. The van der Waals surface area contributed by atoms with Crippen LogP contribution >= 0.6 is 0 Å². The second-order valence-electron chi connectivity index (χ2n) is 3.07. The molecule has 0 atom stereocenters. The lowest BCUT2D eigenvalue weighted by Gasteiger charge is -2.25. The number of hydrogen-bond donors (Lipinski definition) is 0. The van der Waals surface area contributed by atoms with Crippen molar-refractivity contribution in [2.24, 2.45) is 4.99 Å². The summed E-state index contributed by atoms with van der Waals surface area (Å²) in [5.41, 5.74) is -5.02. The van der Waals surface area contributed by atoms with Gasteiger partial charge < -0.3 is 4.79 Å². The first kappa shape index (κ1) is 12.8. The Morgan fingerprint density at radius 1 is 1.35 bits per heavy atom. The maximum Gasteiger partial charge on any atom is 0.562 e. The second kappa shape index (κ2) is 3.96. The molecule has 17 heavy (non-hydrogen) atoms. The Morgan fingerprint density at radius 3 is 2.29 bits per heavy atom. The zero-order valence-corrected chi connectivity index (χ0v) is 8.08. The lowest BCUT2D eigenvalue weighted by Crippen LogP contribution is -2.65. The van der Waals surface area contributed by atoms with Crippen molar-refractivity contribution in [3.63, 3.8) is 0 Å². The first-order valence-corrected chi connectivity index (χ1v) is 4.16. The number of aliphatic imine (C=N–C) groups is 1. The van der Waals surface area contributed by atoms with E-state index in [4.69, 9.17) is 0 Å². The fraction of sp³-hybridized carbons (Fsp3) is 0.429. The van der Waals surface area contributed by atoms with E-state index in [9.17, 15) is 33.8 Å². The van der Waals surface area contributed by atoms with Crippen LogP contribution in [0.1, 0.15) is 6.42 Å². The van der Waals surface area contributed by atoms with Crippen molar-refractivity contribution in [2.45, 2.75) is 18.0 Å². The summed E-state index contributed by atoms with van der Waals surface area (Å²) >= 11 is 0. The molecule has 1 aliphatic heterocycles. The molecule has 0 radical (unpaired) electrons. The van der Waals surface area contributed by atoms with Gasteiger partial charge in [0.25, 0.3) is 0 Å². The fourth-order valence-corrected chi connectivity index (χ4v) is 1.41. The van der Waals surface area contributed by atoms with Gasteiger partial charge in [-0.25, -0.2) is 0 Å². The van der Waals surface area contributed by atoms with E-state index in [0.717, 1.165) is 0 Å². The molecular weight excluding hydrogens is 244 g/mol. The number of rotatable bonds is 4. The molecule has 0 bridgehead atoms. The third kappa shape index (κ3) is 1.57. The predicted octanol–water partition coefficient (Wildman–Crippen LogP) is 0.429. The Morgan fingerprint density at radius 2 is 1.88 bits per heavy atom. The molecule has 0 N–H and O–H groups in total. The summed E-state index contributed by atoms with van der Waals surface area (Å²) in [7, 11) is 0. The van der Waals surface area contributed by atoms with Crippen molar-refractivity contribution in [2.75, 3.05) is 0 Å². The minimum absolute atomic E-state index is 0.0348. The molecule has 10 heteroatoms. The Labute approximate surface area is 91.9 Å². The van der Waals surface area contributed by atoms with Gasteiger partial charge in [0.1, 0.15) is 16.1 Å². The molecule has 0 aromatic heterocycles. The SMILES string of the molecule is O=CCC1=NC=CC(F)(F)C1([N+](=O)[O-])[N+](=O)[O-]. The zero-order valence-electron chi connectivity index (χ0n) is 8.08. The van der Waals surface area contributed by atoms with Gasteiger partial charge in [0.15, 0.2) is 5.71 Å². The Bertz CT molecular complexity index is 431. The summed E-state index contributed by atoms with van der Waals surface area (Å²) in [6.07, 6.45) is -0.408. The third-order valence-electron chi connectivity index (χ3n) is 2.19. The number of nitro groups is 2. The van der Waals surface area contributed by atoms with Gasteiger partial charge in [0.05, 0.1) is 6.42 Å². The molecule has 0 amide bonds. The molecule has 1 heterocycles. The molecule has 1 rings (SSSR count). The van der Waals surface area contributed by atoms with E-state index in [2.05, 4.69) is 4.99 Å². The molecule has 0 aromatic rings. The molecule has 92 valence electrons. The minimum Gasteiger partial charge on any atom is -0.303 e. The summed E-state index contributed by atoms with van der Waals surface area (Å²) in [5.74, 6) is -4.36. The van der Waals surface area contributed by atoms with Crippen molar-refractivity contribution < 1.29 is 23.4 Å². The molecule has 0 fully saturated rings. The topological polar surface area (TPSA) is 116 Å². The first-order valence-electron chi connectivity index (χ1n) is 4.16. The van der Waals surface area contributed by atoms with Crippen molar-refractivity contribution in [1.82, 2.24) is 0 Å². The highest BCUT2D eigenvalue weighted by Crippen LogP contribution is 2.38. The molecule has 0 saturated heterocycles. The van der Waals surface area contributed by atoms with Gasteiger partial charge in [0, 0.05) is 12.3 Å². The monoisotopic (exact) mass is 249 g/mol. The smallest absolute Gasteiger partial charge is 0.303 e. The molecule has 1 aliphatic rings. The van der Waals surface area contributed by atoms with Crippen LogP contribution in [0.2, 0.25) is 0 Å². The van der Waals surface area contributed by atoms with Gasteiger partial charge >= 0.3 is 11.6 Å². The van der Waals surface area contributed by atoms with Gasteiger partial charge in [0.2, 0.25) is 0 Å².